The Morgan fingerprint density at radius 2 is 2.50 bits per heavy atom. The van der Waals surface area contributed by atoms with E-state index in [4.69, 9.17) is 5.11 Å². The van der Waals surface area contributed by atoms with Gasteiger partial charge in [0, 0.05) is 17.7 Å². The van der Waals surface area contributed by atoms with E-state index in [1.54, 1.807) is 18.3 Å². The molecule has 2 nitrogen and oxygen atoms in total. The predicted octanol–water partition coefficient (Wildman–Crippen LogP) is 1.94. The van der Waals surface area contributed by atoms with Crippen molar-refractivity contribution in [2.75, 3.05) is 0 Å². The Bertz CT molecular complexity index is 265. The van der Waals surface area contributed by atoms with Crippen LogP contribution in [-0.2, 0) is 6.42 Å². The lowest BCUT2D eigenvalue weighted by atomic mass is 10.2. The molecule has 0 saturated heterocycles. The summed E-state index contributed by atoms with van der Waals surface area (Å²) in [5.41, 5.74) is 1.05. The summed E-state index contributed by atoms with van der Waals surface area (Å²) in [6, 6.07) is 0. The minimum absolute atomic E-state index is 0.265. The SMILES string of the molecule is C[C@H](O)Cc1csc(C2CC2)n1. The van der Waals surface area contributed by atoms with Crippen LogP contribution in [0.3, 0.4) is 0 Å². The molecule has 2 rings (SSSR count). The molecule has 0 aromatic carbocycles. The first-order valence-corrected chi connectivity index (χ1v) is 5.26. The third kappa shape index (κ3) is 1.84. The molecule has 1 N–H and O–H groups in total. The smallest absolute Gasteiger partial charge is 0.0959 e. The van der Waals surface area contributed by atoms with Gasteiger partial charge in [-0.2, -0.15) is 0 Å². The number of rotatable bonds is 3. The van der Waals surface area contributed by atoms with Gasteiger partial charge in [0.2, 0.25) is 0 Å². The maximum atomic E-state index is 9.13. The Kier molecular flexibility index (Phi) is 2.15. The van der Waals surface area contributed by atoms with Gasteiger partial charge in [0.25, 0.3) is 0 Å². The topological polar surface area (TPSA) is 33.1 Å². The summed E-state index contributed by atoms with van der Waals surface area (Å²) < 4.78 is 0. The van der Waals surface area contributed by atoms with Gasteiger partial charge in [0.15, 0.2) is 0 Å². The molecular formula is C9H13NOS. The van der Waals surface area contributed by atoms with E-state index in [-0.39, 0.29) is 6.10 Å². The second-order valence-electron chi connectivity index (χ2n) is 3.50. The molecule has 1 aromatic rings. The van der Waals surface area contributed by atoms with Gasteiger partial charge in [-0.1, -0.05) is 0 Å². The van der Waals surface area contributed by atoms with Crippen molar-refractivity contribution in [2.45, 2.75) is 38.2 Å². The molecule has 1 aliphatic rings. The number of aromatic nitrogens is 1. The normalized spacial score (nSPS) is 19.5. The van der Waals surface area contributed by atoms with E-state index in [2.05, 4.69) is 10.4 Å². The third-order valence-electron chi connectivity index (χ3n) is 2.00. The quantitative estimate of drug-likeness (QED) is 0.777. The lowest BCUT2D eigenvalue weighted by Crippen LogP contribution is -2.04. The summed E-state index contributed by atoms with van der Waals surface area (Å²) in [6.45, 7) is 1.80. The van der Waals surface area contributed by atoms with Crippen LogP contribution in [0.25, 0.3) is 0 Å². The van der Waals surface area contributed by atoms with Crippen LogP contribution in [0.5, 0.6) is 0 Å². The highest BCUT2D eigenvalue weighted by Gasteiger charge is 2.26. The van der Waals surface area contributed by atoms with Crippen LogP contribution in [0.15, 0.2) is 5.38 Å². The van der Waals surface area contributed by atoms with Crippen LogP contribution in [0.2, 0.25) is 0 Å². The van der Waals surface area contributed by atoms with Gasteiger partial charge in [-0.3, -0.25) is 0 Å². The molecule has 0 amide bonds. The van der Waals surface area contributed by atoms with Crippen LogP contribution in [0.4, 0.5) is 0 Å². The number of nitrogens with zero attached hydrogens (tertiary/aromatic N) is 1. The zero-order valence-corrected chi connectivity index (χ0v) is 7.97. The van der Waals surface area contributed by atoms with E-state index >= 15 is 0 Å². The minimum atomic E-state index is -0.265. The first-order valence-electron chi connectivity index (χ1n) is 4.38. The number of hydrogen-bond donors (Lipinski definition) is 1. The largest absolute Gasteiger partial charge is 0.393 e. The predicted molar refractivity (Wildman–Crippen MR) is 49.5 cm³/mol. The highest BCUT2D eigenvalue weighted by Crippen LogP contribution is 2.41. The Labute approximate surface area is 76.3 Å². The average molecular weight is 183 g/mol. The Balaban J connectivity index is 2.03. The van der Waals surface area contributed by atoms with Crippen molar-refractivity contribution in [1.82, 2.24) is 4.98 Å². The van der Waals surface area contributed by atoms with Gasteiger partial charge in [-0.25, -0.2) is 4.98 Å². The lowest BCUT2D eigenvalue weighted by Gasteiger charge is -1.98. The van der Waals surface area contributed by atoms with E-state index in [0.29, 0.717) is 6.42 Å². The molecule has 1 fully saturated rings. The first kappa shape index (κ1) is 8.20. The van der Waals surface area contributed by atoms with Gasteiger partial charge < -0.3 is 5.11 Å². The molecule has 3 heteroatoms. The molecule has 0 bridgehead atoms. The third-order valence-corrected chi connectivity index (χ3v) is 3.06. The number of aliphatic hydroxyl groups excluding tert-OH is 1. The number of aliphatic hydroxyl groups is 1. The van der Waals surface area contributed by atoms with Gasteiger partial charge in [-0.15, -0.1) is 11.3 Å². The molecule has 0 aliphatic heterocycles. The van der Waals surface area contributed by atoms with Crippen molar-refractivity contribution in [1.29, 1.82) is 0 Å². The summed E-state index contributed by atoms with van der Waals surface area (Å²) in [4.78, 5) is 4.47. The Morgan fingerprint density at radius 3 is 3.08 bits per heavy atom. The van der Waals surface area contributed by atoms with Gasteiger partial charge in [0.1, 0.15) is 0 Å². The van der Waals surface area contributed by atoms with Crippen molar-refractivity contribution in [3.63, 3.8) is 0 Å². The Morgan fingerprint density at radius 1 is 1.75 bits per heavy atom. The number of thiazole rings is 1. The molecular weight excluding hydrogens is 170 g/mol. The fraction of sp³-hybridized carbons (Fsp3) is 0.667. The summed E-state index contributed by atoms with van der Waals surface area (Å²) in [6.07, 6.45) is 3.05. The molecule has 1 atom stereocenters. The molecule has 0 spiro atoms. The van der Waals surface area contributed by atoms with E-state index in [1.165, 1.54) is 17.8 Å². The van der Waals surface area contributed by atoms with Crippen LogP contribution in [0, 0.1) is 0 Å². The lowest BCUT2D eigenvalue weighted by molar-refractivity contribution is 0.194. The molecule has 12 heavy (non-hydrogen) atoms. The molecule has 0 unspecified atom stereocenters. The average Bonchev–Trinajstić information content (AvgIpc) is 2.73. The minimum Gasteiger partial charge on any atom is -0.393 e. The second kappa shape index (κ2) is 3.15. The monoisotopic (exact) mass is 183 g/mol. The van der Waals surface area contributed by atoms with Crippen molar-refractivity contribution >= 4 is 11.3 Å². The van der Waals surface area contributed by atoms with Crippen molar-refractivity contribution in [3.05, 3.63) is 16.1 Å². The van der Waals surface area contributed by atoms with E-state index in [0.717, 1.165) is 11.6 Å². The fourth-order valence-corrected chi connectivity index (χ4v) is 2.24. The summed E-state index contributed by atoms with van der Waals surface area (Å²) in [7, 11) is 0. The molecule has 1 heterocycles. The molecule has 0 radical (unpaired) electrons. The van der Waals surface area contributed by atoms with E-state index in [1.807, 2.05) is 0 Å². The summed E-state index contributed by atoms with van der Waals surface area (Å²) in [5, 5.41) is 12.5. The molecule has 1 saturated carbocycles. The van der Waals surface area contributed by atoms with E-state index < -0.39 is 0 Å². The van der Waals surface area contributed by atoms with Crippen LogP contribution < -0.4 is 0 Å². The van der Waals surface area contributed by atoms with Crippen molar-refractivity contribution in [3.8, 4) is 0 Å². The summed E-state index contributed by atoms with van der Waals surface area (Å²) >= 11 is 1.74. The molecule has 1 aliphatic carbocycles. The maximum absolute atomic E-state index is 9.13. The fourth-order valence-electron chi connectivity index (χ4n) is 1.24. The van der Waals surface area contributed by atoms with Crippen molar-refractivity contribution in [2.24, 2.45) is 0 Å². The zero-order valence-electron chi connectivity index (χ0n) is 7.16. The van der Waals surface area contributed by atoms with Crippen molar-refractivity contribution < 1.29 is 5.11 Å². The van der Waals surface area contributed by atoms with Gasteiger partial charge in [-0.05, 0) is 19.8 Å². The second-order valence-corrected chi connectivity index (χ2v) is 4.39. The first-order chi connectivity index (χ1) is 5.75. The maximum Gasteiger partial charge on any atom is 0.0959 e. The standard InChI is InChI=1S/C9H13NOS/c1-6(11)4-8-5-12-9(10-8)7-2-3-7/h5-7,11H,2-4H2,1H3/t6-/m0/s1. The summed E-state index contributed by atoms with van der Waals surface area (Å²) in [5.74, 6) is 0.748. The number of hydrogen-bond acceptors (Lipinski definition) is 3. The highest BCUT2D eigenvalue weighted by molar-refractivity contribution is 7.09. The van der Waals surface area contributed by atoms with Gasteiger partial charge in [0.05, 0.1) is 16.8 Å². The highest BCUT2D eigenvalue weighted by atomic mass is 32.1. The van der Waals surface area contributed by atoms with Gasteiger partial charge >= 0.3 is 0 Å². The van der Waals surface area contributed by atoms with Crippen LogP contribution in [0.1, 0.15) is 36.4 Å². The van der Waals surface area contributed by atoms with Crippen LogP contribution in [-0.4, -0.2) is 16.2 Å². The molecule has 66 valence electrons. The Hall–Kier alpha value is -0.410. The van der Waals surface area contributed by atoms with E-state index in [9.17, 15) is 0 Å². The van der Waals surface area contributed by atoms with Crippen LogP contribution >= 0.6 is 11.3 Å². The zero-order chi connectivity index (χ0) is 8.55. The molecule has 1 aromatic heterocycles.